The number of carbonyl (C=O) groups is 1. The van der Waals surface area contributed by atoms with Gasteiger partial charge >= 0.3 is 5.97 Å². The van der Waals surface area contributed by atoms with Crippen LogP contribution in [0.3, 0.4) is 0 Å². The normalized spacial score (nSPS) is 11.3. The molecule has 0 spiro atoms. The highest BCUT2D eigenvalue weighted by Gasteiger charge is 2.24. The molecule has 0 amide bonds. The van der Waals surface area contributed by atoms with Crippen LogP contribution in [0.1, 0.15) is 34.0 Å². The van der Waals surface area contributed by atoms with Gasteiger partial charge in [-0.05, 0) is 43.2 Å². The largest absolute Gasteiger partial charge is 0.462 e. The van der Waals surface area contributed by atoms with Gasteiger partial charge in [0.2, 0.25) is 0 Å². The van der Waals surface area contributed by atoms with E-state index in [2.05, 4.69) is 11.1 Å². The number of nitriles is 1. The SMILES string of the molecule is CCOC(=O)c1c(C)c2ccccc2n2cc(CSc3nc4ccccc4o3)c(C#N)c12. The van der Waals surface area contributed by atoms with E-state index in [4.69, 9.17) is 9.15 Å². The van der Waals surface area contributed by atoms with E-state index in [0.29, 0.717) is 27.6 Å². The van der Waals surface area contributed by atoms with Crippen molar-refractivity contribution in [1.29, 1.82) is 5.26 Å². The Morgan fingerprint density at radius 3 is 2.78 bits per heavy atom. The second kappa shape index (κ2) is 8.06. The van der Waals surface area contributed by atoms with Gasteiger partial charge in [-0.15, -0.1) is 0 Å². The minimum Gasteiger partial charge on any atom is -0.462 e. The maximum absolute atomic E-state index is 12.9. The summed E-state index contributed by atoms with van der Waals surface area (Å²) in [5.74, 6) is 0.0565. The lowest BCUT2D eigenvalue weighted by molar-refractivity contribution is 0.0527. The quantitative estimate of drug-likeness (QED) is 0.250. The third-order valence-corrected chi connectivity index (χ3v) is 6.36. The molecule has 158 valence electrons. The van der Waals surface area contributed by atoms with Gasteiger partial charge in [-0.1, -0.05) is 42.1 Å². The highest BCUT2D eigenvalue weighted by atomic mass is 32.2. The van der Waals surface area contributed by atoms with Gasteiger partial charge < -0.3 is 13.6 Å². The number of esters is 1. The summed E-state index contributed by atoms with van der Waals surface area (Å²) in [5, 5.41) is 11.5. The third kappa shape index (κ3) is 3.20. The minimum atomic E-state index is -0.423. The molecule has 6 nitrogen and oxygen atoms in total. The number of nitrogens with zero attached hydrogens (tertiary/aromatic N) is 3. The zero-order valence-corrected chi connectivity index (χ0v) is 18.4. The molecule has 0 radical (unpaired) electrons. The number of benzene rings is 2. The summed E-state index contributed by atoms with van der Waals surface area (Å²) >= 11 is 1.42. The molecule has 0 saturated heterocycles. The number of oxazole rings is 1. The van der Waals surface area contributed by atoms with E-state index in [0.717, 1.165) is 33.1 Å². The maximum atomic E-state index is 12.9. The van der Waals surface area contributed by atoms with E-state index >= 15 is 0 Å². The zero-order chi connectivity index (χ0) is 22.2. The highest BCUT2D eigenvalue weighted by molar-refractivity contribution is 7.98. The monoisotopic (exact) mass is 441 g/mol. The molecule has 3 aromatic heterocycles. The van der Waals surface area contributed by atoms with Crippen molar-refractivity contribution in [3.63, 3.8) is 0 Å². The van der Waals surface area contributed by atoms with E-state index in [1.54, 1.807) is 6.92 Å². The molecule has 3 heterocycles. The molecule has 5 rings (SSSR count). The van der Waals surface area contributed by atoms with Crippen LogP contribution in [0.15, 0.2) is 64.4 Å². The molecule has 5 aromatic rings. The van der Waals surface area contributed by atoms with Crippen LogP contribution in [-0.4, -0.2) is 22.0 Å². The Hall–Kier alpha value is -3.76. The van der Waals surface area contributed by atoms with E-state index in [-0.39, 0.29) is 6.61 Å². The lowest BCUT2D eigenvalue weighted by atomic mass is 10.0. The predicted octanol–water partition coefficient (Wildman–Crippen LogP) is 5.88. The van der Waals surface area contributed by atoms with Crippen molar-refractivity contribution in [1.82, 2.24) is 9.38 Å². The van der Waals surface area contributed by atoms with Crippen molar-refractivity contribution >= 4 is 45.3 Å². The van der Waals surface area contributed by atoms with Crippen LogP contribution in [-0.2, 0) is 10.5 Å². The standard InChI is InChI=1S/C25H19N3O3S/c1-3-30-24(29)22-15(2)17-8-4-6-10-20(17)28-13-16(18(12-26)23(22)28)14-32-25-27-19-9-5-7-11-21(19)31-25/h4-11,13H,3,14H2,1-2H3. The number of rotatable bonds is 5. The van der Waals surface area contributed by atoms with Gasteiger partial charge in [-0.3, -0.25) is 0 Å². The highest BCUT2D eigenvalue weighted by Crippen LogP contribution is 2.34. The van der Waals surface area contributed by atoms with Gasteiger partial charge in [0, 0.05) is 17.3 Å². The van der Waals surface area contributed by atoms with Gasteiger partial charge in [-0.25, -0.2) is 9.78 Å². The van der Waals surface area contributed by atoms with Crippen LogP contribution in [0.25, 0.3) is 27.5 Å². The molecule has 0 N–H and O–H groups in total. The van der Waals surface area contributed by atoms with Crippen molar-refractivity contribution in [2.45, 2.75) is 24.8 Å². The number of fused-ring (bicyclic) bond motifs is 4. The Kier molecular flexibility index (Phi) is 5.08. The van der Waals surface area contributed by atoms with E-state index in [1.165, 1.54) is 11.8 Å². The number of ether oxygens (including phenoxy) is 1. The first-order valence-corrected chi connectivity index (χ1v) is 11.2. The number of hydrogen-bond donors (Lipinski definition) is 0. The summed E-state index contributed by atoms with van der Waals surface area (Å²) in [6, 6.07) is 17.8. The van der Waals surface area contributed by atoms with Gasteiger partial charge in [0.15, 0.2) is 5.58 Å². The fraction of sp³-hybridized carbons (Fsp3) is 0.160. The number of para-hydroxylation sites is 3. The average molecular weight is 442 g/mol. The molecular weight excluding hydrogens is 422 g/mol. The lowest BCUT2D eigenvalue weighted by Gasteiger charge is -2.13. The van der Waals surface area contributed by atoms with E-state index < -0.39 is 5.97 Å². The number of aromatic nitrogens is 2. The Labute approximate surface area is 188 Å². The number of thioether (sulfide) groups is 1. The number of pyridine rings is 1. The molecule has 0 aliphatic heterocycles. The molecule has 0 bridgehead atoms. The van der Waals surface area contributed by atoms with Gasteiger partial charge in [0.1, 0.15) is 11.6 Å². The van der Waals surface area contributed by atoms with Gasteiger partial charge in [0.25, 0.3) is 5.22 Å². The van der Waals surface area contributed by atoms with Crippen LogP contribution in [0.4, 0.5) is 0 Å². The minimum absolute atomic E-state index is 0.264. The fourth-order valence-electron chi connectivity index (χ4n) is 4.05. The second-order valence-corrected chi connectivity index (χ2v) is 8.26. The molecular formula is C25H19N3O3S. The number of carbonyl (C=O) groups excluding carboxylic acids is 1. The molecule has 0 aliphatic carbocycles. The van der Waals surface area contributed by atoms with Crippen molar-refractivity contribution < 1.29 is 13.9 Å². The molecule has 0 aliphatic rings. The van der Waals surface area contributed by atoms with Crippen LogP contribution in [0.2, 0.25) is 0 Å². The average Bonchev–Trinajstić information content (AvgIpc) is 3.39. The summed E-state index contributed by atoms with van der Waals surface area (Å²) < 4.78 is 13.1. The van der Waals surface area contributed by atoms with Crippen LogP contribution in [0.5, 0.6) is 0 Å². The number of hydrogen-bond acceptors (Lipinski definition) is 6. The Bertz CT molecular complexity index is 1510. The van der Waals surface area contributed by atoms with Crippen LogP contribution >= 0.6 is 11.8 Å². The first-order chi connectivity index (χ1) is 15.6. The Balaban J connectivity index is 1.66. The summed E-state index contributed by atoms with van der Waals surface area (Å²) in [5.41, 5.74) is 5.54. The number of aryl methyl sites for hydroxylation is 1. The summed E-state index contributed by atoms with van der Waals surface area (Å²) in [7, 11) is 0. The first-order valence-electron chi connectivity index (χ1n) is 10.2. The van der Waals surface area contributed by atoms with Gasteiger partial charge in [0.05, 0.1) is 28.8 Å². The van der Waals surface area contributed by atoms with E-state index in [9.17, 15) is 10.1 Å². The lowest BCUT2D eigenvalue weighted by Crippen LogP contribution is -2.10. The summed E-state index contributed by atoms with van der Waals surface area (Å²) in [6.45, 7) is 3.94. The molecule has 0 atom stereocenters. The molecule has 0 saturated carbocycles. The van der Waals surface area contributed by atoms with E-state index in [1.807, 2.05) is 66.1 Å². The van der Waals surface area contributed by atoms with Crippen molar-refractivity contribution in [3.05, 3.63) is 77.0 Å². The van der Waals surface area contributed by atoms with Crippen molar-refractivity contribution in [3.8, 4) is 6.07 Å². The Morgan fingerprint density at radius 2 is 2.00 bits per heavy atom. The summed E-state index contributed by atoms with van der Waals surface area (Å²) in [4.78, 5) is 17.4. The van der Waals surface area contributed by atoms with Crippen LogP contribution < -0.4 is 0 Å². The molecule has 0 unspecified atom stereocenters. The smallest absolute Gasteiger partial charge is 0.340 e. The second-order valence-electron chi connectivity index (χ2n) is 7.33. The Morgan fingerprint density at radius 1 is 1.22 bits per heavy atom. The topological polar surface area (TPSA) is 80.5 Å². The van der Waals surface area contributed by atoms with Gasteiger partial charge in [-0.2, -0.15) is 5.26 Å². The van der Waals surface area contributed by atoms with Crippen LogP contribution in [0, 0.1) is 18.3 Å². The molecule has 32 heavy (non-hydrogen) atoms. The first kappa shape index (κ1) is 20.2. The third-order valence-electron chi connectivity index (χ3n) is 5.48. The van der Waals surface area contributed by atoms with Crippen molar-refractivity contribution in [2.75, 3.05) is 6.61 Å². The molecule has 7 heteroatoms. The summed E-state index contributed by atoms with van der Waals surface area (Å²) in [6.07, 6.45) is 1.92. The fourth-order valence-corrected chi connectivity index (χ4v) is 4.85. The maximum Gasteiger partial charge on any atom is 0.340 e. The zero-order valence-electron chi connectivity index (χ0n) is 17.6. The van der Waals surface area contributed by atoms with Crippen molar-refractivity contribution in [2.24, 2.45) is 0 Å². The molecule has 2 aromatic carbocycles. The molecule has 0 fully saturated rings. The predicted molar refractivity (Wildman–Crippen MR) is 124 cm³/mol.